The number of hydrogen-bond acceptors (Lipinski definition) is 2. The molecule has 0 aliphatic heterocycles. The van der Waals surface area contributed by atoms with E-state index < -0.39 is 0 Å². The molecule has 3 nitrogen and oxygen atoms in total. The van der Waals surface area contributed by atoms with Gasteiger partial charge in [0.25, 0.3) is 5.91 Å². The van der Waals surface area contributed by atoms with Crippen molar-refractivity contribution in [2.45, 2.75) is 13.8 Å². The van der Waals surface area contributed by atoms with Gasteiger partial charge in [0.05, 0.1) is 17.1 Å². The van der Waals surface area contributed by atoms with Crippen LogP contribution in [0.4, 0.5) is 0 Å². The Kier molecular flexibility index (Phi) is 5.08. The third-order valence-corrected chi connectivity index (χ3v) is 3.16. The minimum absolute atomic E-state index is 0.0628. The van der Waals surface area contributed by atoms with Crippen LogP contribution in [0.5, 0.6) is 0 Å². The van der Waals surface area contributed by atoms with E-state index in [1.807, 2.05) is 32.0 Å². The van der Waals surface area contributed by atoms with Gasteiger partial charge in [-0.15, -0.1) is 0 Å². The predicted octanol–water partition coefficient (Wildman–Crippen LogP) is 2.51. The van der Waals surface area contributed by atoms with Gasteiger partial charge in [0.2, 0.25) is 0 Å². The lowest BCUT2D eigenvalue weighted by Crippen LogP contribution is -2.37. The van der Waals surface area contributed by atoms with Gasteiger partial charge in [-0.2, -0.15) is 0 Å². The number of carbonyl (C=O) groups excluding carboxylic acids is 1. The first-order chi connectivity index (χ1) is 7.95. The number of hydrogen-bond donors (Lipinski definition) is 1. The molecule has 0 unspecified atom stereocenters. The molecule has 1 amide bonds. The minimum Gasteiger partial charge on any atom is -0.392 e. The Morgan fingerprint density at radius 2 is 2.18 bits per heavy atom. The van der Waals surface area contributed by atoms with Crippen LogP contribution in [0.3, 0.4) is 0 Å². The summed E-state index contributed by atoms with van der Waals surface area (Å²) in [5.74, 6) is -0.0628. The summed E-state index contributed by atoms with van der Waals surface area (Å²) in [6, 6.07) is 5.64. The smallest absolute Gasteiger partial charge is 0.255 e. The first-order valence-corrected chi connectivity index (χ1v) is 6.49. The highest BCUT2D eigenvalue weighted by Gasteiger charge is 2.17. The molecule has 0 aromatic heterocycles. The summed E-state index contributed by atoms with van der Waals surface area (Å²) in [5.41, 5.74) is 7.21. The van der Waals surface area contributed by atoms with E-state index in [-0.39, 0.29) is 5.91 Å². The van der Waals surface area contributed by atoms with Crippen molar-refractivity contribution in [2.24, 2.45) is 5.73 Å². The average molecular weight is 315 g/mol. The SMILES string of the molecule is CCN(CC(N)=S)C(=O)c1ccc(C)cc1Br. The lowest BCUT2D eigenvalue weighted by molar-refractivity contribution is 0.0787. The molecule has 0 atom stereocenters. The standard InChI is InChI=1S/C12H15BrN2OS/c1-3-15(7-11(14)17)12(16)9-5-4-8(2)6-10(9)13/h4-6H,3,7H2,1-2H3,(H2,14,17). The number of nitrogens with zero attached hydrogens (tertiary/aromatic N) is 1. The number of amides is 1. The van der Waals surface area contributed by atoms with Crippen LogP contribution in [0, 0.1) is 6.92 Å². The van der Waals surface area contributed by atoms with Crippen molar-refractivity contribution in [3.63, 3.8) is 0 Å². The molecule has 0 fully saturated rings. The normalized spacial score (nSPS) is 10.1. The average Bonchev–Trinajstić information content (AvgIpc) is 2.24. The molecule has 0 spiro atoms. The van der Waals surface area contributed by atoms with Crippen molar-refractivity contribution in [3.05, 3.63) is 33.8 Å². The van der Waals surface area contributed by atoms with Crippen LogP contribution in [0.1, 0.15) is 22.8 Å². The number of thiocarbonyl (C=S) groups is 1. The highest BCUT2D eigenvalue weighted by Crippen LogP contribution is 2.20. The van der Waals surface area contributed by atoms with E-state index in [1.165, 1.54) is 0 Å². The molecule has 1 aromatic carbocycles. The van der Waals surface area contributed by atoms with Gasteiger partial charge < -0.3 is 10.6 Å². The molecule has 5 heteroatoms. The van der Waals surface area contributed by atoms with Gasteiger partial charge >= 0.3 is 0 Å². The summed E-state index contributed by atoms with van der Waals surface area (Å²) in [6.07, 6.45) is 0. The first-order valence-electron chi connectivity index (χ1n) is 5.29. The van der Waals surface area contributed by atoms with E-state index in [1.54, 1.807) is 4.90 Å². The molecule has 0 bridgehead atoms. The molecule has 0 saturated carbocycles. The van der Waals surface area contributed by atoms with Crippen molar-refractivity contribution in [1.29, 1.82) is 0 Å². The molecule has 17 heavy (non-hydrogen) atoms. The second-order valence-electron chi connectivity index (χ2n) is 3.77. The van der Waals surface area contributed by atoms with Gasteiger partial charge in [0.15, 0.2) is 0 Å². The maximum absolute atomic E-state index is 12.2. The summed E-state index contributed by atoms with van der Waals surface area (Å²) < 4.78 is 0.795. The molecule has 1 rings (SSSR count). The molecule has 0 heterocycles. The fourth-order valence-electron chi connectivity index (χ4n) is 1.48. The Bertz CT molecular complexity index is 448. The Morgan fingerprint density at radius 1 is 1.53 bits per heavy atom. The van der Waals surface area contributed by atoms with Crippen LogP contribution >= 0.6 is 28.1 Å². The lowest BCUT2D eigenvalue weighted by Gasteiger charge is -2.20. The Labute approximate surface area is 115 Å². The second kappa shape index (κ2) is 6.12. The van der Waals surface area contributed by atoms with E-state index in [4.69, 9.17) is 18.0 Å². The predicted molar refractivity (Wildman–Crippen MR) is 77.2 cm³/mol. The van der Waals surface area contributed by atoms with Gasteiger partial charge in [-0.3, -0.25) is 4.79 Å². The summed E-state index contributed by atoms with van der Waals surface area (Å²) in [7, 11) is 0. The van der Waals surface area contributed by atoms with E-state index in [0.717, 1.165) is 10.0 Å². The van der Waals surface area contributed by atoms with Crippen LogP contribution in [0.15, 0.2) is 22.7 Å². The molecule has 1 aromatic rings. The van der Waals surface area contributed by atoms with E-state index >= 15 is 0 Å². The molecule has 0 radical (unpaired) electrons. The van der Waals surface area contributed by atoms with Gasteiger partial charge in [-0.05, 0) is 47.5 Å². The minimum atomic E-state index is -0.0628. The molecule has 0 saturated heterocycles. The van der Waals surface area contributed by atoms with E-state index in [0.29, 0.717) is 23.6 Å². The third kappa shape index (κ3) is 3.78. The highest BCUT2D eigenvalue weighted by molar-refractivity contribution is 9.10. The number of rotatable bonds is 4. The van der Waals surface area contributed by atoms with Crippen molar-refractivity contribution >= 4 is 39.0 Å². The lowest BCUT2D eigenvalue weighted by atomic mass is 10.1. The number of halogens is 1. The first kappa shape index (κ1) is 14.1. The van der Waals surface area contributed by atoms with Crippen molar-refractivity contribution in [2.75, 3.05) is 13.1 Å². The van der Waals surface area contributed by atoms with E-state index in [2.05, 4.69) is 15.9 Å². The van der Waals surface area contributed by atoms with Gasteiger partial charge in [-0.1, -0.05) is 18.3 Å². The van der Waals surface area contributed by atoms with Crippen LogP contribution in [0.25, 0.3) is 0 Å². The maximum Gasteiger partial charge on any atom is 0.255 e. The van der Waals surface area contributed by atoms with Crippen molar-refractivity contribution < 1.29 is 4.79 Å². The Balaban J connectivity index is 2.97. The monoisotopic (exact) mass is 314 g/mol. The summed E-state index contributed by atoms with van der Waals surface area (Å²) >= 11 is 8.23. The van der Waals surface area contributed by atoms with Crippen molar-refractivity contribution in [3.8, 4) is 0 Å². The van der Waals surface area contributed by atoms with Crippen LogP contribution < -0.4 is 5.73 Å². The maximum atomic E-state index is 12.2. The summed E-state index contributed by atoms with van der Waals surface area (Å²) in [5, 5.41) is 0. The van der Waals surface area contributed by atoms with Gasteiger partial charge in [-0.25, -0.2) is 0 Å². The number of nitrogens with two attached hydrogens (primary N) is 1. The second-order valence-corrected chi connectivity index (χ2v) is 5.15. The molecular weight excluding hydrogens is 300 g/mol. The van der Waals surface area contributed by atoms with Crippen LogP contribution in [-0.4, -0.2) is 28.9 Å². The quantitative estimate of drug-likeness (QED) is 0.869. The Hall–Kier alpha value is -0.940. The van der Waals surface area contributed by atoms with E-state index in [9.17, 15) is 4.79 Å². The van der Waals surface area contributed by atoms with Crippen molar-refractivity contribution in [1.82, 2.24) is 4.90 Å². The van der Waals surface area contributed by atoms with Crippen LogP contribution in [-0.2, 0) is 0 Å². The zero-order valence-electron chi connectivity index (χ0n) is 9.87. The largest absolute Gasteiger partial charge is 0.392 e. The fraction of sp³-hybridized carbons (Fsp3) is 0.333. The molecule has 0 aliphatic rings. The number of aryl methyl sites for hydroxylation is 1. The highest BCUT2D eigenvalue weighted by atomic mass is 79.9. The zero-order chi connectivity index (χ0) is 13.0. The molecule has 92 valence electrons. The van der Waals surface area contributed by atoms with Gasteiger partial charge in [0, 0.05) is 11.0 Å². The topological polar surface area (TPSA) is 46.3 Å². The number of carbonyl (C=O) groups is 1. The summed E-state index contributed by atoms with van der Waals surface area (Å²) in [6.45, 7) is 4.77. The van der Waals surface area contributed by atoms with Crippen LogP contribution in [0.2, 0.25) is 0 Å². The van der Waals surface area contributed by atoms with Gasteiger partial charge in [0.1, 0.15) is 0 Å². The Morgan fingerprint density at radius 3 is 2.65 bits per heavy atom. The number of likely N-dealkylation sites (N-methyl/N-ethyl adjacent to an activating group) is 1. The summed E-state index contributed by atoms with van der Waals surface area (Å²) in [4.78, 5) is 14.2. The molecular formula is C12H15BrN2OS. The number of benzene rings is 1. The fourth-order valence-corrected chi connectivity index (χ4v) is 2.30. The molecule has 2 N–H and O–H groups in total. The molecule has 0 aliphatic carbocycles. The third-order valence-electron chi connectivity index (χ3n) is 2.37. The zero-order valence-corrected chi connectivity index (χ0v) is 12.3.